The molecule has 1 saturated heterocycles. The minimum atomic E-state index is 0.188. The Labute approximate surface area is 84.4 Å². The quantitative estimate of drug-likeness (QED) is 0.571. The van der Waals surface area contributed by atoms with Crippen molar-refractivity contribution >= 4 is 5.91 Å². The van der Waals surface area contributed by atoms with Crippen LogP contribution in [0.3, 0.4) is 0 Å². The van der Waals surface area contributed by atoms with E-state index in [1.807, 2.05) is 0 Å². The molecule has 2 rings (SSSR count). The molecule has 1 heterocycles. The lowest BCUT2D eigenvalue weighted by Gasteiger charge is -2.22. The van der Waals surface area contributed by atoms with Gasteiger partial charge in [-0.1, -0.05) is 6.42 Å². The maximum atomic E-state index is 11.7. The first-order chi connectivity index (χ1) is 6.88. The van der Waals surface area contributed by atoms with Gasteiger partial charge in [-0.05, 0) is 12.8 Å². The van der Waals surface area contributed by atoms with Crippen molar-refractivity contribution in [1.82, 2.24) is 10.6 Å². The van der Waals surface area contributed by atoms with E-state index in [-0.39, 0.29) is 11.8 Å². The van der Waals surface area contributed by atoms with E-state index < -0.39 is 0 Å². The second kappa shape index (κ2) is 4.75. The van der Waals surface area contributed by atoms with Crippen LogP contribution in [0.15, 0.2) is 0 Å². The number of amides is 1. The molecule has 4 nitrogen and oxygen atoms in total. The van der Waals surface area contributed by atoms with Crippen molar-refractivity contribution in [3.05, 3.63) is 0 Å². The van der Waals surface area contributed by atoms with Crippen LogP contribution in [-0.4, -0.2) is 38.3 Å². The van der Waals surface area contributed by atoms with Crippen molar-refractivity contribution in [2.24, 2.45) is 5.92 Å². The van der Waals surface area contributed by atoms with E-state index >= 15 is 0 Å². The molecule has 1 amide bonds. The van der Waals surface area contributed by atoms with Gasteiger partial charge in [-0.2, -0.15) is 0 Å². The Hall–Kier alpha value is -0.610. The molecule has 14 heavy (non-hydrogen) atoms. The molecule has 2 atom stereocenters. The van der Waals surface area contributed by atoms with Gasteiger partial charge in [0.1, 0.15) is 0 Å². The standard InChI is InChI=1S/C10H18N2O2/c13-10-8-2-1-3-9(8)11-4-6-14-7-5-12-10/h8-9,11H,1-7H2,(H,12,13). The lowest BCUT2D eigenvalue weighted by molar-refractivity contribution is -0.125. The predicted octanol–water partition coefficient (Wildman–Crippen LogP) is -0.109. The highest BCUT2D eigenvalue weighted by Crippen LogP contribution is 2.25. The number of fused-ring (bicyclic) bond motifs is 1. The number of hydrogen-bond acceptors (Lipinski definition) is 3. The fraction of sp³-hybridized carbons (Fsp3) is 0.900. The van der Waals surface area contributed by atoms with Crippen molar-refractivity contribution in [3.8, 4) is 0 Å². The van der Waals surface area contributed by atoms with Gasteiger partial charge in [0.2, 0.25) is 5.91 Å². The van der Waals surface area contributed by atoms with Crippen LogP contribution < -0.4 is 10.6 Å². The first-order valence-corrected chi connectivity index (χ1v) is 5.47. The summed E-state index contributed by atoms with van der Waals surface area (Å²) in [6.07, 6.45) is 3.32. The van der Waals surface area contributed by atoms with E-state index in [1.165, 1.54) is 0 Å². The van der Waals surface area contributed by atoms with Crippen molar-refractivity contribution in [3.63, 3.8) is 0 Å². The number of hydrogen-bond donors (Lipinski definition) is 2. The summed E-state index contributed by atoms with van der Waals surface area (Å²) < 4.78 is 5.33. The van der Waals surface area contributed by atoms with E-state index in [9.17, 15) is 4.79 Å². The molecule has 2 aliphatic rings. The smallest absolute Gasteiger partial charge is 0.224 e. The third-order valence-corrected chi connectivity index (χ3v) is 3.05. The number of carbonyl (C=O) groups is 1. The van der Waals surface area contributed by atoms with Crippen LogP contribution in [0.25, 0.3) is 0 Å². The monoisotopic (exact) mass is 198 g/mol. The van der Waals surface area contributed by atoms with Crippen molar-refractivity contribution < 1.29 is 9.53 Å². The number of nitrogens with one attached hydrogen (secondary N) is 2. The summed E-state index contributed by atoms with van der Waals surface area (Å²) in [6.45, 7) is 2.90. The Morgan fingerprint density at radius 3 is 3.00 bits per heavy atom. The molecule has 0 radical (unpaired) electrons. The Morgan fingerprint density at radius 1 is 1.21 bits per heavy atom. The molecular weight excluding hydrogens is 180 g/mol. The first kappa shape index (κ1) is 9.93. The average Bonchev–Trinajstić information content (AvgIpc) is 2.64. The summed E-state index contributed by atoms with van der Waals surface area (Å²) >= 11 is 0. The van der Waals surface area contributed by atoms with E-state index in [2.05, 4.69) is 10.6 Å². The number of ether oxygens (including phenoxy) is 1. The van der Waals surface area contributed by atoms with Crippen LogP contribution >= 0.6 is 0 Å². The van der Waals surface area contributed by atoms with Gasteiger partial charge in [0.15, 0.2) is 0 Å². The van der Waals surface area contributed by atoms with Gasteiger partial charge in [-0.25, -0.2) is 0 Å². The third-order valence-electron chi connectivity index (χ3n) is 3.05. The third kappa shape index (κ3) is 2.25. The molecule has 1 aliphatic heterocycles. The van der Waals surface area contributed by atoms with Gasteiger partial charge < -0.3 is 15.4 Å². The normalized spacial score (nSPS) is 34.7. The van der Waals surface area contributed by atoms with Crippen LogP contribution in [0.4, 0.5) is 0 Å². The summed E-state index contributed by atoms with van der Waals surface area (Å²) in [6, 6.07) is 0.372. The van der Waals surface area contributed by atoms with E-state index in [0.29, 0.717) is 19.2 Å². The zero-order valence-corrected chi connectivity index (χ0v) is 8.42. The molecule has 0 aromatic carbocycles. The van der Waals surface area contributed by atoms with E-state index in [1.54, 1.807) is 0 Å². The highest BCUT2D eigenvalue weighted by atomic mass is 16.5. The molecule has 0 spiro atoms. The lowest BCUT2D eigenvalue weighted by Crippen LogP contribution is -2.44. The SMILES string of the molecule is O=C1NCCOCCNC2CCCC12. The Bertz CT molecular complexity index is 208. The fourth-order valence-electron chi connectivity index (χ4n) is 2.31. The topological polar surface area (TPSA) is 50.4 Å². The number of rotatable bonds is 0. The van der Waals surface area contributed by atoms with Gasteiger partial charge in [-0.15, -0.1) is 0 Å². The molecule has 2 unspecified atom stereocenters. The largest absolute Gasteiger partial charge is 0.378 e. The van der Waals surface area contributed by atoms with Gasteiger partial charge in [0.05, 0.1) is 19.1 Å². The van der Waals surface area contributed by atoms with Crippen molar-refractivity contribution in [2.75, 3.05) is 26.3 Å². The summed E-state index contributed by atoms with van der Waals surface area (Å²) in [5.74, 6) is 0.388. The Kier molecular flexibility index (Phi) is 3.37. The molecular formula is C10H18N2O2. The van der Waals surface area contributed by atoms with Gasteiger partial charge in [0, 0.05) is 19.1 Å². The predicted molar refractivity (Wildman–Crippen MR) is 53.0 cm³/mol. The second-order valence-electron chi connectivity index (χ2n) is 4.00. The summed E-state index contributed by atoms with van der Waals surface area (Å²) in [4.78, 5) is 11.7. The Balaban J connectivity index is 1.95. The first-order valence-electron chi connectivity index (χ1n) is 5.47. The van der Waals surface area contributed by atoms with Crippen molar-refractivity contribution in [1.29, 1.82) is 0 Å². The van der Waals surface area contributed by atoms with E-state index in [4.69, 9.17) is 4.74 Å². The van der Waals surface area contributed by atoms with Gasteiger partial charge in [0.25, 0.3) is 0 Å². The van der Waals surface area contributed by atoms with E-state index in [0.717, 1.165) is 32.4 Å². The summed E-state index contributed by atoms with van der Waals surface area (Å²) in [5.41, 5.74) is 0. The highest BCUT2D eigenvalue weighted by Gasteiger charge is 2.32. The molecule has 4 heteroatoms. The van der Waals surface area contributed by atoms with Gasteiger partial charge in [-0.3, -0.25) is 4.79 Å². The molecule has 0 bridgehead atoms. The molecule has 80 valence electrons. The zero-order chi connectivity index (χ0) is 9.80. The summed E-state index contributed by atoms with van der Waals surface area (Å²) in [5, 5.41) is 6.32. The second-order valence-corrected chi connectivity index (χ2v) is 4.00. The van der Waals surface area contributed by atoms with Crippen LogP contribution in [-0.2, 0) is 9.53 Å². The van der Waals surface area contributed by atoms with Crippen molar-refractivity contribution in [2.45, 2.75) is 25.3 Å². The summed E-state index contributed by atoms with van der Waals surface area (Å²) in [7, 11) is 0. The van der Waals surface area contributed by atoms with Crippen LogP contribution in [0.5, 0.6) is 0 Å². The van der Waals surface area contributed by atoms with Crippen LogP contribution in [0.1, 0.15) is 19.3 Å². The average molecular weight is 198 g/mol. The molecule has 2 N–H and O–H groups in total. The lowest BCUT2D eigenvalue weighted by atomic mass is 10.0. The fourth-order valence-corrected chi connectivity index (χ4v) is 2.31. The molecule has 1 saturated carbocycles. The maximum Gasteiger partial charge on any atom is 0.224 e. The molecule has 0 aromatic rings. The number of carbonyl (C=O) groups excluding carboxylic acids is 1. The van der Waals surface area contributed by atoms with Crippen LogP contribution in [0.2, 0.25) is 0 Å². The highest BCUT2D eigenvalue weighted by molar-refractivity contribution is 5.79. The maximum absolute atomic E-state index is 11.7. The minimum absolute atomic E-state index is 0.188. The van der Waals surface area contributed by atoms with Gasteiger partial charge >= 0.3 is 0 Å². The Morgan fingerprint density at radius 2 is 2.07 bits per heavy atom. The molecule has 0 aromatic heterocycles. The zero-order valence-electron chi connectivity index (χ0n) is 8.42. The minimum Gasteiger partial charge on any atom is -0.378 e. The molecule has 1 aliphatic carbocycles. The molecule has 2 fully saturated rings. The van der Waals surface area contributed by atoms with Crippen LogP contribution in [0, 0.1) is 5.92 Å².